The molecule has 2 saturated carbocycles. The highest BCUT2D eigenvalue weighted by molar-refractivity contribution is 6.06. The van der Waals surface area contributed by atoms with Crippen molar-refractivity contribution in [3.05, 3.63) is 46.0 Å². The summed E-state index contributed by atoms with van der Waals surface area (Å²) >= 11 is 0. The molecular formula is C24H28N4O5. The monoisotopic (exact) mass is 452 g/mol. The van der Waals surface area contributed by atoms with Crippen LogP contribution in [0.5, 0.6) is 0 Å². The Bertz CT molecular complexity index is 1000. The average molecular weight is 453 g/mol. The van der Waals surface area contributed by atoms with Gasteiger partial charge in [0.15, 0.2) is 0 Å². The van der Waals surface area contributed by atoms with Gasteiger partial charge in [-0.25, -0.2) is 0 Å². The van der Waals surface area contributed by atoms with E-state index in [9.17, 15) is 24.5 Å². The minimum atomic E-state index is -0.524. The molecule has 1 saturated heterocycles. The number of non-ortho nitro benzene ring substituents is 1. The predicted molar refractivity (Wildman–Crippen MR) is 120 cm³/mol. The van der Waals surface area contributed by atoms with Gasteiger partial charge < -0.3 is 10.6 Å². The van der Waals surface area contributed by atoms with Gasteiger partial charge in [0.1, 0.15) is 0 Å². The Hall–Kier alpha value is -3.23. The molecule has 0 unspecified atom stereocenters. The lowest BCUT2D eigenvalue weighted by atomic mass is 9.85. The van der Waals surface area contributed by atoms with E-state index in [4.69, 9.17) is 0 Å². The van der Waals surface area contributed by atoms with Crippen LogP contribution in [-0.2, 0) is 9.59 Å². The van der Waals surface area contributed by atoms with Gasteiger partial charge in [-0.05, 0) is 37.2 Å². The Balaban J connectivity index is 1.26. The van der Waals surface area contributed by atoms with Crippen molar-refractivity contribution in [2.75, 3.05) is 18.4 Å². The van der Waals surface area contributed by atoms with Gasteiger partial charge in [-0.15, -0.1) is 0 Å². The summed E-state index contributed by atoms with van der Waals surface area (Å²) in [6, 6.07) is 4.21. The number of anilines is 1. The maximum absolute atomic E-state index is 12.9. The van der Waals surface area contributed by atoms with Crippen LogP contribution in [0.1, 0.15) is 48.9 Å². The Morgan fingerprint density at radius 1 is 1.06 bits per heavy atom. The number of imide groups is 1. The Labute approximate surface area is 191 Å². The molecule has 4 atom stereocenters. The molecule has 0 aromatic heterocycles. The molecule has 174 valence electrons. The Morgan fingerprint density at radius 3 is 2.36 bits per heavy atom. The molecular weight excluding hydrogens is 424 g/mol. The van der Waals surface area contributed by atoms with Crippen LogP contribution in [0.4, 0.5) is 11.4 Å². The van der Waals surface area contributed by atoms with Gasteiger partial charge in [-0.1, -0.05) is 31.4 Å². The molecule has 3 amide bonds. The molecule has 0 spiro atoms. The number of hydrogen-bond donors (Lipinski definition) is 2. The first-order valence-corrected chi connectivity index (χ1v) is 11.8. The summed E-state index contributed by atoms with van der Waals surface area (Å²) in [6.45, 7) is 0.464. The van der Waals surface area contributed by atoms with Crippen LogP contribution in [0.25, 0.3) is 0 Å². The van der Waals surface area contributed by atoms with Gasteiger partial charge >= 0.3 is 0 Å². The van der Waals surface area contributed by atoms with Crippen molar-refractivity contribution >= 4 is 29.1 Å². The third-order valence-corrected chi connectivity index (χ3v) is 7.61. The second-order valence-electron chi connectivity index (χ2n) is 9.55. The van der Waals surface area contributed by atoms with Crippen molar-refractivity contribution in [2.45, 2.75) is 44.6 Å². The maximum Gasteiger partial charge on any atom is 0.270 e. The van der Waals surface area contributed by atoms with Crippen LogP contribution < -0.4 is 10.6 Å². The lowest BCUT2D eigenvalue weighted by molar-refractivity contribution is -0.384. The molecule has 3 fully saturated rings. The number of likely N-dealkylation sites (tertiary alicyclic amines) is 1. The van der Waals surface area contributed by atoms with Crippen molar-refractivity contribution in [3.8, 4) is 0 Å². The number of benzene rings is 1. The van der Waals surface area contributed by atoms with Crippen LogP contribution in [-0.4, -0.2) is 46.7 Å². The quantitative estimate of drug-likeness (QED) is 0.284. The molecule has 0 radical (unpaired) electrons. The molecule has 9 heteroatoms. The zero-order chi connectivity index (χ0) is 23.1. The topological polar surface area (TPSA) is 122 Å². The fourth-order valence-corrected chi connectivity index (χ4v) is 5.98. The molecule has 5 rings (SSSR count). The van der Waals surface area contributed by atoms with E-state index in [-0.39, 0.29) is 71.8 Å². The molecule has 1 aromatic rings. The third kappa shape index (κ3) is 3.89. The van der Waals surface area contributed by atoms with Gasteiger partial charge in [-0.3, -0.25) is 29.4 Å². The summed E-state index contributed by atoms with van der Waals surface area (Å²) in [6.07, 6.45) is 10.1. The molecule has 1 aliphatic heterocycles. The van der Waals surface area contributed by atoms with Gasteiger partial charge in [0.25, 0.3) is 11.6 Å². The third-order valence-electron chi connectivity index (χ3n) is 7.61. The van der Waals surface area contributed by atoms with Crippen LogP contribution in [0.3, 0.4) is 0 Å². The molecule has 1 heterocycles. The van der Waals surface area contributed by atoms with E-state index < -0.39 is 4.92 Å². The molecule has 1 aromatic carbocycles. The lowest BCUT2D eigenvalue weighted by Crippen LogP contribution is -2.37. The molecule has 9 nitrogen and oxygen atoms in total. The Kier molecular flexibility index (Phi) is 5.64. The van der Waals surface area contributed by atoms with Crippen molar-refractivity contribution < 1.29 is 19.3 Å². The van der Waals surface area contributed by atoms with E-state index in [2.05, 4.69) is 22.8 Å². The Morgan fingerprint density at radius 2 is 1.73 bits per heavy atom. The summed E-state index contributed by atoms with van der Waals surface area (Å²) in [5.41, 5.74) is 0.498. The number of nitro benzene ring substituents is 1. The number of fused-ring (bicyclic) bond motifs is 5. The van der Waals surface area contributed by atoms with Crippen LogP contribution in [0.2, 0.25) is 0 Å². The van der Waals surface area contributed by atoms with Crippen molar-refractivity contribution in [1.29, 1.82) is 0 Å². The van der Waals surface area contributed by atoms with Crippen molar-refractivity contribution in [3.63, 3.8) is 0 Å². The van der Waals surface area contributed by atoms with Gasteiger partial charge in [0.2, 0.25) is 11.8 Å². The normalized spacial score (nSPS) is 28.3. The van der Waals surface area contributed by atoms with Crippen molar-refractivity contribution in [2.24, 2.45) is 23.7 Å². The number of carbonyl (C=O) groups is 3. The first kappa shape index (κ1) is 21.6. The smallest absolute Gasteiger partial charge is 0.270 e. The molecule has 2 bridgehead atoms. The minimum absolute atomic E-state index is 0.0709. The number of amides is 3. The van der Waals surface area contributed by atoms with E-state index >= 15 is 0 Å². The van der Waals surface area contributed by atoms with E-state index in [1.165, 1.54) is 23.1 Å². The number of carbonyl (C=O) groups excluding carboxylic acids is 3. The van der Waals surface area contributed by atoms with Gasteiger partial charge in [0.05, 0.1) is 22.3 Å². The largest absolute Gasteiger partial charge is 0.383 e. The van der Waals surface area contributed by atoms with Crippen molar-refractivity contribution in [1.82, 2.24) is 10.2 Å². The molecule has 4 aliphatic rings. The van der Waals surface area contributed by atoms with E-state index in [1.807, 2.05) is 0 Å². The van der Waals surface area contributed by atoms with Crippen LogP contribution in [0.15, 0.2) is 30.4 Å². The number of hydrogen-bond acceptors (Lipinski definition) is 6. The summed E-state index contributed by atoms with van der Waals surface area (Å²) in [5, 5.41) is 17.4. The predicted octanol–water partition coefficient (Wildman–Crippen LogP) is 2.88. The number of nitrogens with one attached hydrogen (secondary N) is 2. The van der Waals surface area contributed by atoms with Gasteiger partial charge in [-0.2, -0.15) is 0 Å². The number of rotatable bonds is 7. The lowest BCUT2D eigenvalue weighted by Gasteiger charge is -2.23. The molecule has 3 aliphatic carbocycles. The second-order valence-corrected chi connectivity index (χ2v) is 9.55. The zero-order valence-corrected chi connectivity index (χ0v) is 18.4. The van der Waals surface area contributed by atoms with Crippen LogP contribution in [0, 0.1) is 33.8 Å². The summed E-state index contributed by atoms with van der Waals surface area (Å²) in [5.74, 6) is -0.699. The zero-order valence-electron chi connectivity index (χ0n) is 18.4. The maximum atomic E-state index is 12.9. The SMILES string of the molecule is O=C(NC1CCCCC1)c1cc([N+](=O)[O-])ccc1NCCN1C(=O)[C@H]2[C@H](C1=O)[C@H]1C=C[C@H]2C1. The minimum Gasteiger partial charge on any atom is -0.383 e. The highest BCUT2D eigenvalue weighted by Crippen LogP contribution is 2.52. The highest BCUT2D eigenvalue weighted by Gasteiger charge is 2.58. The first-order chi connectivity index (χ1) is 15.9. The van der Waals surface area contributed by atoms with E-state index in [1.54, 1.807) is 0 Å². The van der Waals surface area contributed by atoms with E-state index in [0.717, 1.165) is 38.5 Å². The van der Waals surface area contributed by atoms with Crippen LogP contribution >= 0.6 is 0 Å². The number of allylic oxidation sites excluding steroid dienone is 2. The summed E-state index contributed by atoms with van der Waals surface area (Å²) in [7, 11) is 0. The summed E-state index contributed by atoms with van der Waals surface area (Å²) in [4.78, 5) is 50.7. The van der Waals surface area contributed by atoms with E-state index in [0.29, 0.717) is 5.69 Å². The van der Waals surface area contributed by atoms with Gasteiger partial charge in [0, 0.05) is 37.0 Å². The standard InChI is InChI=1S/C24H28N4O5/c29-22(26-16-4-2-1-3-5-16)18-13-17(28(32)33)8-9-19(18)25-10-11-27-23(30)20-14-6-7-15(12-14)21(20)24(27)31/h6-9,13-16,20-21,25H,1-5,10-12H2,(H,26,29)/t14-,15-,20+,21+/m0/s1. The fourth-order valence-electron chi connectivity index (χ4n) is 5.98. The molecule has 33 heavy (non-hydrogen) atoms. The first-order valence-electron chi connectivity index (χ1n) is 11.8. The highest BCUT2D eigenvalue weighted by atomic mass is 16.6. The number of nitrogens with zero attached hydrogens (tertiary/aromatic N) is 2. The fraction of sp³-hybridized carbons (Fsp3) is 0.542. The molecule has 2 N–H and O–H groups in total. The second kappa shape index (κ2) is 8.61. The summed E-state index contributed by atoms with van der Waals surface area (Å²) < 4.78 is 0. The number of nitro groups is 1. The average Bonchev–Trinajstić information content (AvgIpc) is 3.49.